The summed E-state index contributed by atoms with van der Waals surface area (Å²) < 4.78 is 49.5. The van der Waals surface area contributed by atoms with E-state index in [9.17, 15) is 13.2 Å². The highest BCUT2D eigenvalue weighted by Crippen LogP contribution is 2.41. The van der Waals surface area contributed by atoms with Gasteiger partial charge in [0.05, 0.1) is 23.9 Å². The zero-order valence-electron chi connectivity index (χ0n) is 12.6. The summed E-state index contributed by atoms with van der Waals surface area (Å²) in [5, 5.41) is 0.548. The normalized spacial score (nSPS) is 11.5. The van der Waals surface area contributed by atoms with Crippen molar-refractivity contribution < 1.29 is 22.6 Å². The number of aromatic nitrogens is 1. The van der Waals surface area contributed by atoms with E-state index in [-0.39, 0.29) is 11.5 Å². The van der Waals surface area contributed by atoms with E-state index in [2.05, 4.69) is 4.98 Å². The van der Waals surface area contributed by atoms with E-state index in [0.29, 0.717) is 22.3 Å². The number of alkyl halides is 3. The number of hydrogen-bond donors (Lipinski definition) is 1. The summed E-state index contributed by atoms with van der Waals surface area (Å²) in [6.45, 7) is 0. The fourth-order valence-corrected chi connectivity index (χ4v) is 2.34. The van der Waals surface area contributed by atoms with Gasteiger partial charge in [-0.25, -0.2) is 0 Å². The van der Waals surface area contributed by atoms with Crippen molar-refractivity contribution in [2.75, 3.05) is 12.8 Å². The number of nitrogen functional groups attached to an aromatic ring is 1. The molecular weight excluding hydrogens is 321 g/mol. The first-order chi connectivity index (χ1) is 11.4. The highest BCUT2D eigenvalue weighted by molar-refractivity contribution is 5.96. The van der Waals surface area contributed by atoms with Crippen molar-refractivity contribution in [3.8, 4) is 17.2 Å². The van der Waals surface area contributed by atoms with Crippen LogP contribution in [0.2, 0.25) is 0 Å². The Morgan fingerprint density at radius 3 is 2.58 bits per heavy atom. The summed E-state index contributed by atoms with van der Waals surface area (Å²) in [5.74, 6) is 0.609. The van der Waals surface area contributed by atoms with Gasteiger partial charge in [0.2, 0.25) is 0 Å². The van der Waals surface area contributed by atoms with Crippen LogP contribution in [0.1, 0.15) is 5.56 Å². The Hall–Kier alpha value is -2.96. The number of benzene rings is 2. The van der Waals surface area contributed by atoms with E-state index >= 15 is 0 Å². The lowest BCUT2D eigenvalue weighted by Crippen LogP contribution is -2.04. The molecule has 0 amide bonds. The van der Waals surface area contributed by atoms with Crippen LogP contribution in [0.3, 0.4) is 0 Å². The van der Waals surface area contributed by atoms with Crippen molar-refractivity contribution in [2.24, 2.45) is 0 Å². The third kappa shape index (κ3) is 2.92. The number of nitrogens with zero attached hydrogens (tertiary/aromatic N) is 1. The van der Waals surface area contributed by atoms with E-state index in [1.165, 1.54) is 25.3 Å². The molecule has 0 bridgehead atoms. The van der Waals surface area contributed by atoms with Crippen molar-refractivity contribution in [2.45, 2.75) is 6.18 Å². The number of methoxy groups -OCH3 is 1. The topological polar surface area (TPSA) is 57.4 Å². The zero-order chi connectivity index (χ0) is 17.3. The molecule has 1 aromatic heterocycles. The summed E-state index contributed by atoms with van der Waals surface area (Å²) in [6, 6.07) is 9.54. The van der Waals surface area contributed by atoms with Crippen molar-refractivity contribution >= 4 is 16.6 Å². The maximum absolute atomic E-state index is 12.9. The van der Waals surface area contributed by atoms with Crippen LogP contribution < -0.4 is 15.2 Å². The minimum atomic E-state index is -4.45. The summed E-state index contributed by atoms with van der Waals surface area (Å²) in [5.41, 5.74) is 6.01. The molecule has 0 radical (unpaired) electrons. The van der Waals surface area contributed by atoms with Crippen LogP contribution in [0.4, 0.5) is 18.9 Å². The number of pyridine rings is 1. The van der Waals surface area contributed by atoms with Gasteiger partial charge in [0.1, 0.15) is 5.75 Å². The quantitative estimate of drug-likeness (QED) is 0.709. The summed E-state index contributed by atoms with van der Waals surface area (Å²) >= 11 is 0. The molecule has 3 aromatic rings. The van der Waals surface area contributed by atoms with Gasteiger partial charge in [-0.1, -0.05) is 6.07 Å². The van der Waals surface area contributed by atoms with Gasteiger partial charge in [0.15, 0.2) is 11.5 Å². The van der Waals surface area contributed by atoms with Crippen LogP contribution >= 0.6 is 0 Å². The van der Waals surface area contributed by atoms with Gasteiger partial charge in [-0.15, -0.1) is 0 Å². The van der Waals surface area contributed by atoms with E-state index in [4.69, 9.17) is 15.2 Å². The Morgan fingerprint density at radius 1 is 1.08 bits per heavy atom. The van der Waals surface area contributed by atoms with Gasteiger partial charge in [-0.05, 0) is 30.3 Å². The lowest BCUT2D eigenvalue weighted by molar-refractivity contribution is -0.137. The van der Waals surface area contributed by atoms with Crippen molar-refractivity contribution in [1.82, 2.24) is 4.98 Å². The van der Waals surface area contributed by atoms with Crippen LogP contribution in [0, 0.1) is 0 Å². The van der Waals surface area contributed by atoms with Crippen LogP contribution in [-0.2, 0) is 6.18 Å². The second-order valence-corrected chi connectivity index (χ2v) is 5.02. The number of hydrogen-bond acceptors (Lipinski definition) is 4. The molecule has 0 aliphatic heterocycles. The molecule has 2 N–H and O–H groups in total. The molecule has 4 nitrogen and oxygen atoms in total. The minimum Gasteiger partial charge on any atom is -0.493 e. The highest BCUT2D eigenvalue weighted by atomic mass is 19.4. The average molecular weight is 334 g/mol. The molecule has 0 fully saturated rings. The number of anilines is 1. The first-order valence-corrected chi connectivity index (χ1v) is 6.96. The SMILES string of the molecule is COc1cc(N)c2ncccc2c1Oc1cccc(C(F)(F)F)c1. The maximum Gasteiger partial charge on any atom is 0.416 e. The van der Waals surface area contributed by atoms with E-state index in [0.717, 1.165) is 12.1 Å². The highest BCUT2D eigenvalue weighted by Gasteiger charge is 2.30. The summed E-state index contributed by atoms with van der Waals surface area (Å²) in [6.07, 6.45) is -2.88. The number of nitrogens with two attached hydrogens (primary N) is 1. The molecular formula is C17H13F3N2O2. The molecule has 24 heavy (non-hydrogen) atoms. The van der Waals surface area contributed by atoms with Gasteiger partial charge in [0, 0.05) is 17.6 Å². The summed E-state index contributed by atoms with van der Waals surface area (Å²) in [4.78, 5) is 4.17. The van der Waals surface area contributed by atoms with Crippen molar-refractivity contribution in [3.05, 3.63) is 54.2 Å². The van der Waals surface area contributed by atoms with E-state index in [1.807, 2.05) is 0 Å². The van der Waals surface area contributed by atoms with Crippen molar-refractivity contribution in [3.63, 3.8) is 0 Å². The molecule has 0 aliphatic rings. The summed E-state index contributed by atoms with van der Waals surface area (Å²) in [7, 11) is 1.43. The van der Waals surface area contributed by atoms with Crippen molar-refractivity contribution in [1.29, 1.82) is 0 Å². The number of rotatable bonds is 3. The van der Waals surface area contributed by atoms with Gasteiger partial charge in [0.25, 0.3) is 0 Å². The Balaban J connectivity index is 2.12. The van der Waals surface area contributed by atoms with Gasteiger partial charge in [-0.3, -0.25) is 4.98 Å². The van der Waals surface area contributed by atoms with Gasteiger partial charge >= 0.3 is 6.18 Å². The smallest absolute Gasteiger partial charge is 0.416 e. The Bertz CT molecular complexity index is 895. The standard InChI is InChI=1S/C17H13F3N2O2/c1-23-14-9-13(21)15-12(6-3-7-22-15)16(14)24-11-5-2-4-10(8-11)17(18,19)20/h2-9H,21H2,1H3. The molecule has 3 rings (SSSR count). The molecule has 0 atom stereocenters. The predicted molar refractivity (Wildman–Crippen MR) is 84.2 cm³/mol. The second-order valence-electron chi connectivity index (χ2n) is 5.02. The zero-order valence-corrected chi connectivity index (χ0v) is 12.6. The van der Waals surface area contributed by atoms with Crippen LogP contribution in [-0.4, -0.2) is 12.1 Å². The number of halogens is 3. The Kier molecular flexibility index (Phi) is 3.92. The Labute approximate surface area is 135 Å². The molecule has 0 saturated carbocycles. The predicted octanol–water partition coefficient (Wildman–Crippen LogP) is 4.64. The van der Waals surface area contributed by atoms with Crippen LogP contribution in [0.5, 0.6) is 17.2 Å². The number of ether oxygens (including phenoxy) is 2. The molecule has 7 heteroatoms. The molecule has 1 heterocycles. The van der Waals surface area contributed by atoms with E-state index < -0.39 is 11.7 Å². The molecule has 0 aliphatic carbocycles. The molecule has 0 saturated heterocycles. The number of fused-ring (bicyclic) bond motifs is 1. The largest absolute Gasteiger partial charge is 0.493 e. The van der Waals surface area contributed by atoms with Gasteiger partial charge < -0.3 is 15.2 Å². The fraction of sp³-hybridized carbons (Fsp3) is 0.118. The van der Waals surface area contributed by atoms with Crippen LogP contribution in [0.15, 0.2) is 48.7 Å². The molecule has 0 unspecified atom stereocenters. The maximum atomic E-state index is 12.9. The minimum absolute atomic E-state index is 0.0399. The molecule has 124 valence electrons. The van der Waals surface area contributed by atoms with Crippen LogP contribution in [0.25, 0.3) is 10.9 Å². The molecule has 0 spiro atoms. The first-order valence-electron chi connectivity index (χ1n) is 6.96. The van der Waals surface area contributed by atoms with Gasteiger partial charge in [-0.2, -0.15) is 13.2 Å². The first kappa shape index (κ1) is 15.9. The molecule has 2 aromatic carbocycles. The lowest BCUT2D eigenvalue weighted by Gasteiger charge is -2.15. The monoisotopic (exact) mass is 334 g/mol. The van der Waals surface area contributed by atoms with E-state index in [1.54, 1.807) is 18.3 Å². The second kappa shape index (κ2) is 5.92. The average Bonchev–Trinajstić information content (AvgIpc) is 2.57. The fourth-order valence-electron chi connectivity index (χ4n) is 2.34. The lowest BCUT2D eigenvalue weighted by atomic mass is 10.1. The Morgan fingerprint density at radius 2 is 1.88 bits per heavy atom. The third-order valence-electron chi connectivity index (χ3n) is 3.44. The third-order valence-corrected chi connectivity index (χ3v) is 3.44.